The number of benzene rings is 2. The van der Waals surface area contributed by atoms with Gasteiger partial charge in [-0.1, -0.05) is 51.1 Å². The number of carbonyl (C=O) groups excluding carboxylic acids is 2. The van der Waals surface area contributed by atoms with E-state index in [2.05, 4.69) is 5.32 Å². The largest absolute Gasteiger partial charge is 0.457 e. The molecule has 1 unspecified atom stereocenters. The van der Waals surface area contributed by atoms with Crippen molar-refractivity contribution in [3.05, 3.63) is 60.2 Å². The third-order valence-corrected chi connectivity index (χ3v) is 5.74. The van der Waals surface area contributed by atoms with Gasteiger partial charge in [-0.2, -0.15) is 0 Å². The van der Waals surface area contributed by atoms with Gasteiger partial charge in [-0.3, -0.25) is 14.8 Å². The Morgan fingerprint density at radius 1 is 1.00 bits per heavy atom. The van der Waals surface area contributed by atoms with Crippen molar-refractivity contribution in [2.24, 2.45) is 5.41 Å². The summed E-state index contributed by atoms with van der Waals surface area (Å²) in [5, 5.41) is 11.3. The summed E-state index contributed by atoms with van der Waals surface area (Å²) in [6.45, 7) is 4.89. The molecule has 0 saturated heterocycles. The number of rotatable bonds is 8. The number of para-hydroxylation sites is 1. The van der Waals surface area contributed by atoms with Gasteiger partial charge in [0.1, 0.15) is 17.5 Å². The molecule has 2 rings (SSSR count). The number of carbonyl (C=O) groups is 2. The lowest BCUT2D eigenvalue weighted by molar-refractivity contribution is -0.136. The number of hydrogen-bond donors (Lipinski definition) is 3. The SMILES string of the molecule is CC(C)(C)C(=O)NC(CS(=O)(=O)Cc1ccc(Oc2ccccc2)cc1)C(=O)NO. The molecule has 8 nitrogen and oxygen atoms in total. The van der Waals surface area contributed by atoms with E-state index in [1.165, 1.54) is 5.48 Å². The molecule has 0 aliphatic carbocycles. The maximum atomic E-state index is 12.6. The molecule has 2 aromatic carbocycles. The van der Waals surface area contributed by atoms with Crippen LogP contribution < -0.4 is 15.5 Å². The lowest BCUT2D eigenvalue weighted by Gasteiger charge is -2.23. The number of hydroxylamine groups is 1. The van der Waals surface area contributed by atoms with Crippen molar-refractivity contribution in [2.75, 3.05) is 5.75 Å². The van der Waals surface area contributed by atoms with Gasteiger partial charge in [0, 0.05) is 5.41 Å². The van der Waals surface area contributed by atoms with E-state index in [-0.39, 0.29) is 5.75 Å². The Labute approximate surface area is 176 Å². The monoisotopic (exact) mass is 434 g/mol. The summed E-state index contributed by atoms with van der Waals surface area (Å²) in [5.41, 5.74) is 1.08. The Morgan fingerprint density at radius 3 is 2.10 bits per heavy atom. The molecular weight excluding hydrogens is 408 g/mol. The van der Waals surface area contributed by atoms with E-state index >= 15 is 0 Å². The number of hydrogen-bond acceptors (Lipinski definition) is 6. The van der Waals surface area contributed by atoms with E-state index in [4.69, 9.17) is 9.94 Å². The third-order valence-electron chi connectivity index (χ3n) is 4.12. The first kappa shape index (κ1) is 23.4. The number of amides is 2. The average molecular weight is 435 g/mol. The molecule has 0 heterocycles. The number of ether oxygens (including phenoxy) is 1. The topological polar surface area (TPSA) is 122 Å². The molecule has 9 heteroatoms. The van der Waals surface area contributed by atoms with Crippen molar-refractivity contribution in [2.45, 2.75) is 32.6 Å². The highest BCUT2D eigenvalue weighted by molar-refractivity contribution is 7.90. The normalized spacial score (nSPS) is 12.7. The summed E-state index contributed by atoms with van der Waals surface area (Å²) in [6.07, 6.45) is 0. The van der Waals surface area contributed by atoms with Crippen LogP contribution in [0.1, 0.15) is 26.3 Å². The summed E-state index contributed by atoms with van der Waals surface area (Å²) < 4.78 is 30.9. The van der Waals surface area contributed by atoms with Gasteiger partial charge in [0.05, 0.1) is 11.5 Å². The van der Waals surface area contributed by atoms with Crippen LogP contribution in [0.2, 0.25) is 0 Å². The predicted octanol–water partition coefficient (Wildman–Crippen LogP) is 2.43. The molecule has 1 atom stereocenters. The highest BCUT2D eigenvalue weighted by Gasteiger charge is 2.31. The molecule has 0 saturated carbocycles. The van der Waals surface area contributed by atoms with Crippen LogP contribution in [0.3, 0.4) is 0 Å². The van der Waals surface area contributed by atoms with Gasteiger partial charge in [-0.05, 0) is 29.8 Å². The minimum absolute atomic E-state index is 0.334. The average Bonchev–Trinajstić information content (AvgIpc) is 2.68. The first-order valence-corrected chi connectivity index (χ1v) is 11.1. The van der Waals surface area contributed by atoms with E-state index in [9.17, 15) is 18.0 Å². The van der Waals surface area contributed by atoms with Crippen LogP contribution >= 0.6 is 0 Å². The van der Waals surface area contributed by atoms with E-state index < -0.39 is 38.9 Å². The molecule has 0 spiro atoms. The van der Waals surface area contributed by atoms with Gasteiger partial charge < -0.3 is 10.1 Å². The number of nitrogens with one attached hydrogen (secondary N) is 2. The number of sulfone groups is 1. The lowest BCUT2D eigenvalue weighted by Crippen LogP contribution is -2.52. The van der Waals surface area contributed by atoms with Crippen LogP contribution in [0.15, 0.2) is 54.6 Å². The molecule has 2 amide bonds. The minimum Gasteiger partial charge on any atom is -0.457 e. The minimum atomic E-state index is -3.78. The lowest BCUT2D eigenvalue weighted by atomic mass is 9.95. The Bertz CT molecular complexity index is 967. The molecule has 2 aromatic rings. The van der Waals surface area contributed by atoms with Crippen molar-refractivity contribution in [3.8, 4) is 11.5 Å². The Balaban J connectivity index is 2.06. The van der Waals surface area contributed by atoms with Gasteiger partial charge >= 0.3 is 0 Å². The summed E-state index contributed by atoms with van der Waals surface area (Å²) in [4.78, 5) is 24.0. The quantitative estimate of drug-likeness (QED) is 0.433. The molecule has 0 radical (unpaired) electrons. The first-order chi connectivity index (χ1) is 14.0. The second kappa shape index (κ2) is 9.73. The van der Waals surface area contributed by atoms with Gasteiger partial charge in [0.2, 0.25) is 5.91 Å². The molecular formula is C21H26N2O6S. The standard InChI is InChI=1S/C21H26N2O6S/c1-21(2,3)20(25)22-18(19(24)23-26)14-30(27,28)13-15-9-11-17(12-10-15)29-16-7-5-4-6-8-16/h4-12,18,26H,13-14H2,1-3H3,(H,22,25)(H,23,24). The highest BCUT2D eigenvalue weighted by atomic mass is 32.2. The zero-order valence-corrected chi connectivity index (χ0v) is 17.9. The fraction of sp³-hybridized carbons (Fsp3) is 0.333. The molecule has 3 N–H and O–H groups in total. The Morgan fingerprint density at radius 2 is 1.57 bits per heavy atom. The summed E-state index contributed by atoms with van der Waals surface area (Å²) in [5.74, 6) is -1.28. The molecule has 30 heavy (non-hydrogen) atoms. The van der Waals surface area contributed by atoms with E-state index in [1.54, 1.807) is 57.2 Å². The molecule has 162 valence electrons. The second-order valence-corrected chi connectivity index (χ2v) is 9.97. The maximum Gasteiger partial charge on any atom is 0.266 e. The van der Waals surface area contributed by atoms with Crippen LogP contribution in [0.25, 0.3) is 0 Å². The van der Waals surface area contributed by atoms with Crippen molar-refractivity contribution in [1.29, 1.82) is 0 Å². The summed E-state index contributed by atoms with van der Waals surface area (Å²) >= 11 is 0. The van der Waals surface area contributed by atoms with E-state index in [0.717, 1.165) is 0 Å². The van der Waals surface area contributed by atoms with Gasteiger partial charge in [-0.25, -0.2) is 13.9 Å². The predicted molar refractivity (Wildman–Crippen MR) is 112 cm³/mol. The smallest absolute Gasteiger partial charge is 0.266 e. The van der Waals surface area contributed by atoms with Crippen LogP contribution in [0, 0.1) is 5.41 Å². The Kier molecular flexibility index (Phi) is 7.58. The highest BCUT2D eigenvalue weighted by Crippen LogP contribution is 2.22. The van der Waals surface area contributed by atoms with Crippen LogP contribution in [-0.4, -0.2) is 37.2 Å². The maximum absolute atomic E-state index is 12.6. The fourth-order valence-electron chi connectivity index (χ4n) is 2.48. The fourth-order valence-corrected chi connectivity index (χ4v) is 4.04. The van der Waals surface area contributed by atoms with Gasteiger partial charge in [0.25, 0.3) is 5.91 Å². The molecule has 0 fully saturated rings. The third kappa shape index (κ3) is 7.16. The zero-order valence-electron chi connectivity index (χ0n) is 17.1. The van der Waals surface area contributed by atoms with E-state index in [0.29, 0.717) is 17.1 Å². The van der Waals surface area contributed by atoms with Crippen molar-refractivity contribution in [3.63, 3.8) is 0 Å². The molecule has 0 bridgehead atoms. The van der Waals surface area contributed by atoms with Crippen molar-refractivity contribution >= 4 is 21.7 Å². The van der Waals surface area contributed by atoms with Gasteiger partial charge in [-0.15, -0.1) is 0 Å². The molecule has 0 aliphatic rings. The second-order valence-electron chi connectivity index (χ2n) is 7.87. The summed E-state index contributed by atoms with van der Waals surface area (Å²) in [7, 11) is -3.78. The van der Waals surface area contributed by atoms with Crippen LogP contribution in [-0.2, 0) is 25.2 Å². The van der Waals surface area contributed by atoms with E-state index in [1.807, 2.05) is 18.2 Å². The summed E-state index contributed by atoms with van der Waals surface area (Å²) in [6, 6.07) is 14.3. The van der Waals surface area contributed by atoms with Crippen LogP contribution in [0.5, 0.6) is 11.5 Å². The zero-order chi connectivity index (χ0) is 22.4. The molecule has 0 aromatic heterocycles. The Hall–Kier alpha value is -2.91. The van der Waals surface area contributed by atoms with Crippen LogP contribution in [0.4, 0.5) is 0 Å². The van der Waals surface area contributed by atoms with Crippen molar-refractivity contribution in [1.82, 2.24) is 10.8 Å². The molecule has 0 aliphatic heterocycles. The first-order valence-electron chi connectivity index (χ1n) is 9.27. The van der Waals surface area contributed by atoms with Crippen molar-refractivity contribution < 1.29 is 28.0 Å². The van der Waals surface area contributed by atoms with Gasteiger partial charge in [0.15, 0.2) is 9.84 Å².